The zero-order valence-corrected chi connectivity index (χ0v) is 26.2. The van der Waals surface area contributed by atoms with Crippen LogP contribution in [0.4, 0.5) is 44.1 Å². The number of carbonyl (C=O) groups is 1. The highest BCUT2D eigenvalue weighted by molar-refractivity contribution is 5.77. The van der Waals surface area contributed by atoms with Crippen molar-refractivity contribution in [1.82, 2.24) is 19.9 Å². The highest BCUT2D eigenvalue weighted by Crippen LogP contribution is 2.32. The van der Waals surface area contributed by atoms with Gasteiger partial charge >= 0.3 is 18.3 Å². The fourth-order valence-corrected chi connectivity index (χ4v) is 5.46. The van der Waals surface area contributed by atoms with E-state index in [9.17, 15) is 36.2 Å². The van der Waals surface area contributed by atoms with Crippen LogP contribution in [0.5, 0.6) is 0 Å². The van der Waals surface area contributed by atoms with Crippen LogP contribution < -0.4 is 15.1 Å². The molecule has 9 nitrogen and oxygen atoms in total. The summed E-state index contributed by atoms with van der Waals surface area (Å²) in [4.78, 5) is 34.2. The lowest BCUT2D eigenvalue weighted by Crippen LogP contribution is -2.47. The van der Waals surface area contributed by atoms with E-state index in [-0.39, 0.29) is 29.7 Å². The number of halogens is 6. The van der Waals surface area contributed by atoms with Crippen LogP contribution in [0.25, 0.3) is 22.5 Å². The third-order valence-electron chi connectivity index (χ3n) is 8.17. The standard InChI is InChI=1S/C35H29F6N7O2/c36-34(37,38)26-12-8-24(9-13-26)23-6-4-22(5-7-23)21-28(31(49)50)43-32-44-30(25-10-14-27(15-11-25)35(39,40)41)45-33(46-32)48-19-17-47(18-20-48)29-3-1-2-16-42-29/h1-16,28H,17-21H2,(H,49,50)(H,43,44,45,46). The molecule has 2 N–H and O–H groups in total. The Morgan fingerprint density at radius 2 is 1.24 bits per heavy atom. The number of piperazine rings is 1. The zero-order valence-electron chi connectivity index (χ0n) is 26.2. The van der Waals surface area contributed by atoms with Gasteiger partial charge in [-0.3, -0.25) is 0 Å². The third-order valence-corrected chi connectivity index (χ3v) is 8.17. The van der Waals surface area contributed by atoms with Crippen LogP contribution in [-0.2, 0) is 23.6 Å². The molecule has 1 atom stereocenters. The monoisotopic (exact) mass is 693 g/mol. The van der Waals surface area contributed by atoms with Crippen molar-refractivity contribution in [3.8, 4) is 22.5 Å². The van der Waals surface area contributed by atoms with E-state index in [1.165, 1.54) is 24.3 Å². The van der Waals surface area contributed by atoms with Gasteiger partial charge in [0.2, 0.25) is 11.9 Å². The predicted molar refractivity (Wildman–Crippen MR) is 175 cm³/mol. The Bertz CT molecular complexity index is 1910. The first-order valence-electron chi connectivity index (χ1n) is 15.4. The zero-order chi connectivity index (χ0) is 35.5. The molecule has 0 bridgehead atoms. The normalized spacial score (nSPS) is 14.4. The molecule has 6 rings (SSSR count). The van der Waals surface area contributed by atoms with Gasteiger partial charge in [-0.25, -0.2) is 9.78 Å². The molecule has 1 saturated heterocycles. The molecule has 0 radical (unpaired) electrons. The Morgan fingerprint density at radius 1 is 0.700 bits per heavy atom. The Kier molecular flexibility index (Phi) is 9.57. The van der Waals surface area contributed by atoms with Gasteiger partial charge in [-0.05, 0) is 53.1 Å². The van der Waals surface area contributed by atoms with Crippen LogP contribution in [-0.4, -0.2) is 63.2 Å². The molecule has 2 aromatic heterocycles. The van der Waals surface area contributed by atoms with E-state index in [0.29, 0.717) is 42.9 Å². The summed E-state index contributed by atoms with van der Waals surface area (Å²) >= 11 is 0. The fraction of sp³-hybridized carbons (Fsp3) is 0.229. The van der Waals surface area contributed by atoms with E-state index in [1.807, 2.05) is 23.1 Å². The molecule has 5 aromatic rings. The Hall–Kier alpha value is -5.73. The van der Waals surface area contributed by atoms with Crippen LogP contribution in [0.3, 0.4) is 0 Å². The van der Waals surface area contributed by atoms with E-state index in [1.54, 1.807) is 30.5 Å². The second-order valence-corrected chi connectivity index (χ2v) is 11.5. The summed E-state index contributed by atoms with van der Waals surface area (Å²) in [6, 6.07) is 20.2. The molecule has 3 heterocycles. The van der Waals surface area contributed by atoms with Gasteiger partial charge < -0.3 is 20.2 Å². The van der Waals surface area contributed by atoms with Gasteiger partial charge in [0.1, 0.15) is 11.9 Å². The largest absolute Gasteiger partial charge is 0.480 e. The maximum atomic E-state index is 13.2. The molecule has 258 valence electrons. The summed E-state index contributed by atoms with van der Waals surface area (Å²) in [6.45, 7) is 2.14. The Balaban J connectivity index is 1.23. The SMILES string of the molecule is O=C(O)C(Cc1ccc(-c2ccc(C(F)(F)F)cc2)cc1)Nc1nc(-c2ccc(C(F)(F)F)cc2)nc(N2CCN(c3ccccn3)CC2)n1. The van der Waals surface area contributed by atoms with Gasteiger partial charge in [0.25, 0.3) is 0 Å². The Morgan fingerprint density at radius 3 is 1.76 bits per heavy atom. The number of nitrogens with one attached hydrogen (secondary N) is 1. The van der Waals surface area contributed by atoms with Crippen LogP contribution >= 0.6 is 0 Å². The number of aliphatic carboxylic acids is 1. The van der Waals surface area contributed by atoms with Crippen molar-refractivity contribution in [3.05, 3.63) is 114 Å². The van der Waals surface area contributed by atoms with Gasteiger partial charge in [-0.1, -0.05) is 54.6 Å². The van der Waals surface area contributed by atoms with E-state index in [2.05, 4.69) is 30.2 Å². The molecule has 3 aromatic carbocycles. The highest BCUT2D eigenvalue weighted by Gasteiger charge is 2.31. The maximum absolute atomic E-state index is 13.2. The summed E-state index contributed by atoms with van der Waals surface area (Å²) < 4.78 is 78.6. The predicted octanol–water partition coefficient (Wildman–Crippen LogP) is 7.07. The minimum atomic E-state index is -4.53. The number of rotatable bonds is 9. The van der Waals surface area contributed by atoms with Gasteiger partial charge in [0, 0.05) is 44.4 Å². The molecule has 0 spiro atoms. The van der Waals surface area contributed by atoms with Crippen molar-refractivity contribution < 1.29 is 36.2 Å². The lowest BCUT2D eigenvalue weighted by molar-refractivity contribution is -0.138. The lowest BCUT2D eigenvalue weighted by atomic mass is 10.00. The molecule has 1 unspecified atom stereocenters. The number of carboxylic acids is 1. The number of anilines is 3. The van der Waals surface area contributed by atoms with Crippen LogP contribution in [0.15, 0.2) is 97.2 Å². The van der Waals surface area contributed by atoms with E-state index < -0.39 is 35.5 Å². The van der Waals surface area contributed by atoms with Gasteiger partial charge in [-0.15, -0.1) is 0 Å². The number of hydrogen-bond donors (Lipinski definition) is 2. The first-order chi connectivity index (χ1) is 23.8. The summed E-state index contributed by atoms with van der Waals surface area (Å²) in [5.74, 6) is -0.191. The minimum absolute atomic E-state index is 0.0119. The molecular weight excluding hydrogens is 664 g/mol. The van der Waals surface area contributed by atoms with Crippen molar-refractivity contribution in [2.45, 2.75) is 24.8 Å². The topological polar surface area (TPSA) is 107 Å². The second kappa shape index (κ2) is 14.0. The lowest BCUT2D eigenvalue weighted by Gasteiger charge is -2.35. The molecule has 0 aliphatic carbocycles. The Labute approximate surface area is 282 Å². The second-order valence-electron chi connectivity index (χ2n) is 11.5. The van der Waals surface area contributed by atoms with Crippen LogP contribution in [0.2, 0.25) is 0 Å². The number of carboxylic acid groups (broad SMARTS) is 1. The van der Waals surface area contributed by atoms with Crippen molar-refractivity contribution in [3.63, 3.8) is 0 Å². The molecule has 15 heteroatoms. The highest BCUT2D eigenvalue weighted by atomic mass is 19.4. The van der Waals surface area contributed by atoms with Crippen molar-refractivity contribution >= 4 is 23.7 Å². The number of alkyl halides is 6. The summed E-state index contributed by atoms with van der Waals surface area (Å²) in [6.07, 6.45) is -7.29. The van der Waals surface area contributed by atoms with Crippen molar-refractivity contribution in [1.29, 1.82) is 0 Å². The number of pyridine rings is 1. The van der Waals surface area contributed by atoms with Gasteiger partial charge in [0.15, 0.2) is 5.82 Å². The molecular formula is C35H29F6N7O2. The average Bonchev–Trinajstić information content (AvgIpc) is 3.11. The molecule has 0 saturated carbocycles. The van der Waals surface area contributed by atoms with E-state index >= 15 is 0 Å². The molecule has 1 aliphatic rings. The van der Waals surface area contributed by atoms with Crippen molar-refractivity contribution in [2.75, 3.05) is 41.3 Å². The number of nitrogens with zero attached hydrogens (tertiary/aromatic N) is 6. The quantitative estimate of drug-likeness (QED) is 0.157. The molecule has 50 heavy (non-hydrogen) atoms. The molecule has 1 fully saturated rings. The maximum Gasteiger partial charge on any atom is 0.416 e. The van der Waals surface area contributed by atoms with E-state index in [0.717, 1.165) is 30.1 Å². The third kappa shape index (κ3) is 8.10. The number of hydrogen-bond acceptors (Lipinski definition) is 8. The number of aromatic nitrogens is 4. The smallest absolute Gasteiger partial charge is 0.416 e. The molecule has 0 amide bonds. The van der Waals surface area contributed by atoms with Crippen LogP contribution in [0, 0.1) is 0 Å². The minimum Gasteiger partial charge on any atom is -0.480 e. The molecule has 1 aliphatic heterocycles. The van der Waals surface area contributed by atoms with Gasteiger partial charge in [0.05, 0.1) is 11.1 Å². The van der Waals surface area contributed by atoms with Crippen molar-refractivity contribution in [2.24, 2.45) is 0 Å². The van der Waals surface area contributed by atoms with E-state index in [4.69, 9.17) is 0 Å². The van der Waals surface area contributed by atoms with Gasteiger partial charge in [-0.2, -0.15) is 41.3 Å². The summed E-state index contributed by atoms with van der Waals surface area (Å²) in [5, 5.41) is 13.0. The first kappa shape index (κ1) is 34.1. The van der Waals surface area contributed by atoms with Crippen LogP contribution in [0.1, 0.15) is 16.7 Å². The summed E-state index contributed by atoms with van der Waals surface area (Å²) in [5.41, 5.74) is 0.504. The summed E-state index contributed by atoms with van der Waals surface area (Å²) in [7, 11) is 0. The first-order valence-corrected chi connectivity index (χ1v) is 15.4. The number of benzene rings is 3. The fourth-order valence-electron chi connectivity index (χ4n) is 5.46. The average molecular weight is 694 g/mol.